The van der Waals surface area contributed by atoms with Gasteiger partial charge in [0.15, 0.2) is 5.16 Å². The van der Waals surface area contributed by atoms with Gasteiger partial charge >= 0.3 is 0 Å². The molecule has 8 heteroatoms. The van der Waals surface area contributed by atoms with Gasteiger partial charge in [-0.15, -0.1) is 10.2 Å². The Kier molecular flexibility index (Phi) is 8.05. The highest BCUT2D eigenvalue weighted by atomic mass is 32.2. The van der Waals surface area contributed by atoms with E-state index in [2.05, 4.69) is 46.8 Å². The van der Waals surface area contributed by atoms with Crippen LogP contribution in [0.1, 0.15) is 44.7 Å². The Morgan fingerprint density at radius 2 is 1.66 bits per heavy atom. The first-order chi connectivity index (χ1) is 15.3. The van der Waals surface area contributed by atoms with Gasteiger partial charge in [0.1, 0.15) is 6.33 Å². The minimum atomic E-state index is -0.134. The molecule has 0 fully saturated rings. The minimum absolute atomic E-state index is 0.0175. The van der Waals surface area contributed by atoms with Crippen LogP contribution in [-0.4, -0.2) is 38.4 Å². The Balaban J connectivity index is 1.53. The van der Waals surface area contributed by atoms with Crippen molar-refractivity contribution in [1.29, 1.82) is 0 Å². The number of aromatic nitrogens is 3. The zero-order valence-corrected chi connectivity index (χ0v) is 19.6. The molecule has 1 aromatic heterocycles. The van der Waals surface area contributed by atoms with E-state index >= 15 is 0 Å². The Labute approximate surface area is 193 Å². The van der Waals surface area contributed by atoms with E-state index in [0.717, 1.165) is 11.3 Å². The van der Waals surface area contributed by atoms with Gasteiger partial charge in [0.05, 0.1) is 12.2 Å². The predicted octanol–water partition coefficient (Wildman–Crippen LogP) is 4.19. The fourth-order valence-corrected chi connectivity index (χ4v) is 3.84. The van der Waals surface area contributed by atoms with Gasteiger partial charge in [-0.05, 0) is 55.2 Å². The molecule has 0 atom stereocenters. The lowest BCUT2D eigenvalue weighted by Gasteiger charge is -2.10. The van der Waals surface area contributed by atoms with Gasteiger partial charge < -0.3 is 10.6 Å². The number of nitrogens with zero attached hydrogens (tertiary/aromatic N) is 3. The second kappa shape index (κ2) is 10.9. The maximum atomic E-state index is 12.4. The molecule has 0 unspecified atom stereocenters. The van der Waals surface area contributed by atoms with E-state index in [0.29, 0.717) is 23.2 Å². The lowest BCUT2D eigenvalue weighted by molar-refractivity contribution is -0.121. The summed E-state index contributed by atoms with van der Waals surface area (Å²) in [6.45, 7) is 8.18. The molecule has 0 radical (unpaired) electrons. The molecule has 2 N–H and O–H groups in total. The van der Waals surface area contributed by atoms with Crippen molar-refractivity contribution in [3.8, 4) is 5.69 Å². The first-order valence-electron chi connectivity index (χ1n) is 10.6. The molecular formula is C24H29N5O2S. The Morgan fingerprint density at radius 1 is 0.969 bits per heavy atom. The van der Waals surface area contributed by atoms with Crippen LogP contribution in [0.5, 0.6) is 0 Å². The molecule has 0 aliphatic rings. The summed E-state index contributed by atoms with van der Waals surface area (Å²) in [7, 11) is 0. The van der Waals surface area contributed by atoms with Crippen LogP contribution in [0.25, 0.3) is 5.69 Å². The third-order valence-corrected chi connectivity index (χ3v) is 5.68. The van der Waals surface area contributed by atoms with Crippen molar-refractivity contribution < 1.29 is 9.59 Å². The average Bonchev–Trinajstić information content (AvgIpc) is 3.22. The average molecular weight is 452 g/mol. The molecule has 3 rings (SSSR count). The first-order valence-corrected chi connectivity index (χ1v) is 11.6. The molecule has 2 aromatic carbocycles. The van der Waals surface area contributed by atoms with Crippen LogP contribution in [-0.2, 0) is 16.0 Å². The maximum absolute atomic E-state index is 12.4. The monoisotopic (exact) mass is 451 g/mol. The smallest absolute Gasteiger partial charge is 0.234 e. The molecule has 2 amide bonds. The molecule has 0 bridgehead atoms. The van der Waals surface area contributed by atoms with Crippen LogP contribution in [0.15, 0.2) is 60.0 Å². The van der Waals surface area contributed by atoms with Crippen molar-refractivity contribution in [3.05, 3.63) is 66.0 Å². The summed E-state index contributed by atoms with van der Waals surface area (Å²) in [5.74, 6) is 0.524. The van der Waals surface area contributed by atoms with Crippen LogP contribution in [0.4, 0.5) is 5.69 Å². The van der Waals surface area contributed by atoms with Gasteiger partial charge in [0.2, 0.25) is 11.8 Å². The van der Waals surface area contributed by atoms with Crippen molar-refractivity contribution in [3.63, 3.8) is 0 Å². The summed E-state index contributed by atoms with van der Waals surface area (Å²) < 4.78 is 1.87. The first kappa shape index (κ1) is 23.5. The maximum Gasteiger partial charge on any atom is 0.234 e. The lowest BCUT2D eigenvalue weighted by atomic mass is 10.0. The molecule has 32 heavy (non-hydrogen) atoms. The van der Waals surface area contributed by atoms with Crippen LogP contribution in [0.2, 0.25) is 0 Å². The SMILES string of the molecule is CC(C)NC(=O)Cc1ccc(NC(=O)CSc2nncn2-c2ccc(C(C)C)cc2)cc1. The highest BCUT2D eigenvalue weighted by molar-refractivity contribution is 7.99. The zero-order valence-electron chi connectivity index (χ0n) is 18.8. The van der Waals surface area contributed by atoms with E-state index in [1.807, 2.05) is 42.7 Å². The fraction of sp³-hybridized carbons (Fsp3) is 0.333. The molecule has 7 nitrogen and oxygen atoms in total. The highest BCUT2D eigenvalue weighted by Crippen LogP contribution is 2.22. The number of rotatable bonds is 9. The Hall–Kier alpha value is -3.13. The summed E-state index contributed by atoms with van der Waals surface area (Å²) in [6.07, 6.45) is 1.97. The number of thioether (sulfide) groups is 1. The molecule has 0 saturated heterocycles. The summed E-state index contributed by atoms with van der Waals surface area (Å²) >= 11 is 1.33. The number of carbonyl (C=O) groups excluding carboxylic acids is 2. The number of amides is 2. The van der Waals surface area contributed by atoms with E-state index < -0.39 is 0 Å². The molecule has 0 saturated carbocycles. The lowest BCUT2D eigenvalue weighted by Crippen LogP contribution is -2.31. The van der Waals surface area contributed by atoms with E-state index in [1.165, 1.54) is 17.3 Å². The van der Waals surface area contributed by atoms with Crippen LogP contribution in [0, 0.1) is 0 Å². The van der Waals surface area contributed by atoms with E-state index in [-0.39, 0.29) is 23.6 Å². The van der Waals surface area contributed by atoms with E-state index in [1.54, 1.807) is 18.5 Å². The Morgan fingerprint density at radius 3 is 2.28 bits per heavy atom. The highest BCUT2D eigenvalue weighted by Gasteiger charge is 2.11. The van der Waals surface area contributed by atoms with Gasteiger partial charge in [0, 0.05) is 17.4 Å². The molecule has 1 heterocycles. The van der Waals surface area contributed by atoms with Crippen molar-refractivity contribution >= 4 is 29.3 Å². The summed E-state index contributed by atoms with van der Waals surface area (Å²) in [6, 6.07) is 15.7. The summed E-state index contributed by atoms with van der Waals surface area (Å²) in [5, 5.41) is 14.5. The van der Waals surface area contributed by atoms with Gasteiger partial charge in [-0.1, -0.05) is 49.9 Å². The Bertz CT molecular complexity index is 1040. The molecule has 0 spiro atoms. The molecular weight excluding hydrogens is 422 g/mol. The summed E-state index contributed by atoms with van der Waals surface area (Å²) in [4.78, 5) is 24.3. The topological polar surface area (TPSA) is 88.9 Å². The van der Waals surface area contributed by atoms with Gasteiger partial charge in [-0.3, -0.25) is 14.2 Å². The second-order valence-corrected chi connectivity index (χ2v) is 9.11. The van der Waals surface area contributed by atoms with Crippen molar-refractivity contribution in [2.75, 3.05) is 11.1 Å². The zero-order chi connectivity index (χ0) is 23.1. The number of benzene rings is 2. The van der Waals surface area contributed by atoms with E-state index in [9.17, 15) is 9.59 Å². The quantitative estimate of drug-likeness (QED) is 0.476. The van der Waals surface area contributed by atoms with Gasteiger partial charge in [-0.25, -0.2) is 0 Å². The fourth-order valence-electron chi connectivity index (χ4n) is 3.11. The van der Waals surface area contributed by atoms with Gasteiger partial charge in [0.25, 0.3) is 0 Å². The van der Waals surface area contributed by atoms with Gasteiger partial charge in [-0.2, -0.15) is 0 Å². The molecule has 0 aliphatic carbocycles. The minimum Gasteiger partial charge on any atom is -0.354 e. The molecule has 0 aliphatic heterocycles. The van der Waals surface area contributed by atoms with E-state index in [4.69, 9.17) is 0 Å². The standard InChI is InChI=1S/C24H29N5O2S/c1-16(2)19-7-11-21(12-8-19)29-15-25-28-24(29)32-14-23(31)27-20-9-5-18(6-10-20)13-22(30)26-17(3)4/h5-12,15-17H,13-14H2,1-4H3,(H,26,30)(H,27,31). The summed E-state index contributed by atoms with van der Waals surface area (Å²) in [5.41, 5.74) is 3.81. The number of nitrogens with one attached hydrogen (secondary N) is 2. The van der Waals surface area contributed by atoms with Crippen molar-refractivity contribution in [1.82, 2.24) is 20.1 Å². The normalized spacial score (nSPS) is 11.1. The number of hydrogen-bond donors (Lipinski definition) is 2. The van der Waals surface area contributed by atoms with Crippen molar-refractivity contribution in [2.24, 2.45) is 0 Å². The number of carbonyl (C=O) groups is 2. The predicted molar refractivity (Wildman–Crippen MR) is 128 cm³/mol. The third-order valence-electron chi connectivity index (χ3n) is 4.74. The molecule has 168 valence electrons. The number of hydrogen-bond acceptors (Lipinski definition) is 5. The largest absolute Gasteiger partial charge is 0.354 e. The third kappa shape index (κ3) is 6.68. The van der Waals surface area contributed by atoms with Crippen molar-refractivity contribution in [2.45, 2.75) is 51.2 Å². The second-order valence-electron chi connectivity index (χ2n) is 8.16. The van der Waals surface area contributed by atoms with Crippen LogP contribution < -0.4 is 10.6 Å². The van der Waals surface area contributed by atoms with Crippen LogP contribution in [0.3, 0.4) is 0 Å². The van der Waals surface area contributed by atoms with Crippen LogP contribution >= 0.6 is 11.8 Å². The number of anilines is 1. The molecule has 3 aromatic rings.